The van der Waals surface area contributed by atoms with Gasteiger partial charge in [0.25, 0.3) is 5.91 Å². The number of benzene rings is 1. The number of rotatable bonds is 4. The Morgan fingerprint density at radius 3 is 2.69 bits per heavy atom. The third-order valence-corrected chi connectivity index (χ3v) is 5.91. The SMILES string of the molecule is Cc1cccc(CN2C[C@H]3Cc4nnc(C(=O)Nc5ccccc5)n4C[C@@H]3C2)n1. The van der Waals surface area contributed by atoms with Crippen LogP contribution in [0.4, 0.5) is 5.69 Å². The maximum Gasteiger partial charge on any atom is 0.293 e. The van der Waals surface area contributed by atoms with E-state index in [0.29, 0.717) is 17.7 Å². The number of amides is 1. The Morgan fingerprint density at radius 1 is 1.03 bits per heavy atom. The molecule has 2 atom stereocenters. The lowest BCUT2D eigenvalue weighted by Gasteiger charge is -2.25. The minimum atomic E-state index is -0.202. The molecule has 7 nitrogen and oxygen atoms in total. The van der Waals surface area contributed by atoms with E-state index in [2.05, 4.69) is 37.5 Å². The van der Waals surface area contributed by atoms with Crippen LogP contribution >= 0.6 is 0 Å². The monoisotopic (exact) mass is 388 g/mol. The number of likely N-dealkylation sites (tertiary alicyclic amines) is 1. The van der Waals surface area contributed by atoms with E-state index in [9.17, 15) is 4.79 Å². The Morgan fingerprint density at radius 2 is 1.86 bits per heavy atom. The first kappa shape index (κ1) is 18.0. The summed E-state index contributed by atoms with van der Waals surface area (Å²) in [5.41, 5.74) is 2.94. The fourth-order valence-electron chi connectivity index (χ4n) is 4.54. The van der Waals surface area contributed by atoms with Gasteiger partial charge in [0.15, 0.2) is 0 Å². The van der Waals surface area contributed by atoms with Crippen LogP contribution in [0.2, 0.25) is 0 Å². The van der Waals surface area contributed by atoms with Gasteiger partial charge in [0, 0.05) is 44.0 Å². The van der Waals surface area contributed by atoms with Crippen LogP contribution in [0.5, 0.6) is 0 Å². The van der Waals surface area contributed by atoms with Crippen LogP contribution in [-0.2, 0) is 19.5 Å². The van der Waals surface area contributed by atoms with Crippen molar-refractivity contribution in [2.24, 2.45) is 11.8 Å². The van der Waals surface area contributed by atoms with Crippen LogP contribution in [-0.4, -0.2) is 43.6 Å². The molecule has 2 aliphatic rings. The molecule has 148 valence electrons. The van der Waals surface area contributed by atoms with Crippen LogP contribution in [0, 0.1) is 18.8 Å². The first-order valence-electron chi connectivity index (χ1n) is 10.1. The molecule has 0 unspecified atom stereocenters. The van der Waals surface area contributed by atoms with Crippen LogP contribution in [0.25, 0.3) is 0 Å². The molecule has 29 heavy (non-hydrogen) atoms. The lowest BCUT2D eigenvalue weighted by molar-refractivity contribution is 0.100. The molecular formula is C22H24N6O. The van der Waals surface area contributed by atoms with Gasteiger partial charge in [0.05, 0.1) is 5.69 Å². The summed E-state index contributed by atoms with van der Waals surface area (Å²) < 4.78 is 2.01. The third kappa shape index (κ3) is 3.65. The largest absolute Gasteiger partial charge is 0.319 e. The molecule has 1 aromatic carbocycles. The van der Waals surface area contributed by atoms with E-state index in [1.165, 1.54) is 0 Å². The van der Waals surface area contributed by atoms with Crippen molar-refractivity contribution in [3.05, 3.63) is 71.6 Å². The Hall–Kier alpha value is -3.06. The zero-order chi connectivity index (χ0) is 19.8. The molecule has 0 aliphatic carbocycles. The number of fused-ring (bicyclic) bond motifs is 2. The number of pyridine rings is 1. The van der Waals surface area contributed by atoms with Gasteiger partial charge in [-0.2, -0.15) is 0 Å². The number of nitrogens with zero attached hydrogens (tertiary/aromatic N) is 5. The number of anilines is 1. The van der Waals surface area contributed by atoms with Crippen molar-refractivity contribution in [2.45, 2.75) is 26.4 Å². The van der Waals surface area contributed by atoms with Crippen molar-refractivity contribution in [3.8, 4) is 0 Å². The number of hydrogen-bond donors (Lipinski definition) is 1. The Labute approximate surface area is 169 Å². The van der Waals surface area contributed by atoms with E-state index in [1.54, 1.807) is 0 Å². The summed E-state index contributed by atoms with van der Waals surface area (Å²) in [7, 11) is 0. The lowest BCUT2D eigenvalue weighted by Crippen LogP contribution is -2.31. The Balaban J connectivity index is 1.28. The number of aromatic nitrogens is 4. The van der Waals surface area contributed by atoms with E-state index >= 15 is 0 Å². The maximum absolute atomic E-state index is 12.7. The Bertz CT molecular complexity index is 1030. The summed E-state index contributed by atoms with van der Waals surface area (Å²) in [6.07, 6.45) is 0.869. The highest BCUT2D eigenvalue weighted by Gasteiger charge is 2.39. The number of carbonyl (C=O) groups is 1. The second-order valence-corrected chi connectivity index (χ2v) is 8.06. The number of aryl methyl sites for hydroxylation is 1. The molecule has 0 spiro atoms. The van der Waals surface area contributed by atoms with Gasteiger partial charge in [-0.1, -0.05) is 24.3 Å². The molecule has 3 aromatic rings. The van der Waals surface area contributed by atoms with Crippen LogP contribution < -0.4 is 5.32 Å². The highest BCUT2D eigenvalue weighted by Crippen LogP contribution is 2.33. The molecule has 1 fully saturated rings. The van der Waals surface area contributed by atoms with E-state index in [0.717, 1.165) is 55.5 Å². The van der Waals surface area contributed by atoms with E-state index in [1.807, 2.05) is 47.9 Å². The van der Waals surface area contributed by atoms with Gasteiger partial charge in [-0.05, 0) is 43.0 Å². The fraction of sp³-hybridized carbons (Fsp3) is 0.364. The molecule has 7 heteroatoms. The molecule has 0 radical (unpaired) electrons. The topological polar surface area (TPSA) is 75.9 Å². The molecule has 1 saturated heterocycles. The zero-order valence-corrected chi connectivity index (χ0v) is 16.5. The average Bonchev–Trinajstić information content (AvgIpc) is 3.29. The van der Waals surface area contributed by atoms with Crippen LogP contribution in [0.1, 0.15) is 27.8 Å². The van der Waals surface area contributed by atoms with Gasteiger partial charge in [0.1, 0.15) is 5.82 Å². The summed E-state index contributed by atoms with van der Waals surface area (Å²) in [6.45, 7) is 5.75. The van der Waals surface area contributed by atoms with Crippen molar-refractivity contribution in [1.29, 1.82) is 0 Å². The molecule has 0 bridgehead atoms. The molecule has 2 aliphatic heterocycles. The van der Waals surface area contributed by atoms with Crippen molar-refractivity contribution in [3.63, 3.8) is 0 Å². The first-order chi connectivity index (χ1) is 14.2. The molecule has 1 N–H and O–H groups in total. The number of hydrogen-bond acceptors (Lipinski definition) is 5. The normalized spacial score (nSPS) is 20.9. The van der Waals surface area contributed by atoms with E-state index in [4.69, 9.17) is 0 Å². The number of para-hydroxylation sites is 1. The molecule has 5 rings (SSSR count). The van der Waals surface area contributed by atoms with E-state index in [-0.39, 0.29) is 5.91 Å². The quantitative estimate of drug-likeness (QED) is 0.743. The maximum atomic E-state index is 12.7. The molecule has 4 heterocycles. The van der Waals surface area contributed by atoms with Gasteiger partial charge >= 0.3 is 0 Å². The average molecular weight is 388 g/mol. The molecule has 1 amide bonds. The highest BCUT2D eigenvalue weighted by molar-refractivity contribution is 6.01. The minimum Gasteiger partial charge on any atom is -0.319 e. The van der Waals surface area contributed by atoms with Crippen LogP contribution in [0.15, 0.2) is 48.5 Å². The summed E-state index contributed by atoms with van der Waals surface area (Å²) in [5.74, 6) is 2.18. The summed E-state index contributed by atoms with van der Waals surface area (Å²) in [5, 5.41) is 11.4. The lowest BCUT2D eigenvalue weighted by atomic mass is 9.89. The van der Waals surface area contributed by atoms with Gasteiger partial charge in [0.2, 0.25) is 5.82 Å². The van der Waals surface area contributed by atoms with Gasteiger partial charge in [-0.3, -0.25) is 14.7 Å². The van der Waals surface area contributed by atoms with Crippen molar-refractivity contribution < 1.29 is 4.79 Å². The van der Waals surface area contributed by atoms with Gasteiger partial charge < -0.3 is 9.88 Å². The molecule has 2 aromatic heterocycles. The smallest absolute Gasteiger partial charge is 0.293 e. The minimum absolute atomic E-state index is 0.202. The first-order valence-corrected chi connectivity index (χ1v) is 10.1. The molecular weight excluding hydrogens is 364 g/mol. The number of carbonyl (C=O) groups excluding carboxylic acids is 1. The summed E-state index contributed by atoms with van der Waals surface area (Å²) in [4.78, 5) is 19.8. The third-order valence-electron chi connectivity index (χ3n) is 5.91. The fourth-order valence-corrected chi connectivity index (χ4v) is 4.54. The van der Waals surface area contributed by atoms with Crippen LogP contribution in [0.3, 0.4) is 0 Å². The second kappa shape index (κ2) is 7.40. The van der Waals surface area contributed by atoms with Gasteiger partial charge in [-0.25, -0.2) is 0 Å². The van der Waals surface area contributed by atoms with Crippen molar-refractivity contribution in [2.75, 3.05) is 18.4 Å². The number of nitrogens with one attached hydrogen (secondary N) is 1. The highest BCUT2D eigenvalue weighted by atomic mass is 16.2. The zero-order valence-electron chi connectivity index (χ0n) is 16.5. The summed E-state index contributed by atoms with van der Waals surface area (Å²) in [6, 6.07) is 15.7. The van der Waals surface area contributed by atoms with Crippen molar-refractivity contribution >= 4 is 11.6 Å². The predicted octanol–water partition coefficient (Wildman–Crippen LogP) is 2.54. The van der Waals surface area contributed by atoms with Crippen molar-refractivity contribution in [1.82, 2.24) is 24.6 Å². The van der Waals surface area contributed by atoms with E-state index < -0.39 is 0 Å². The standard InChI is InChI=1S/C22H24N6O/c1-15-6-5-9-19(23-15)14-27-11-16-10-20-25-26-21(28(20)13-17(16)12-27)22(29)24-18-7-3-2-4-8-18/h2-9,16-17H,10-14H2,1H3,(H,24,29)/t16-,17+/m1/s1. The predicted molar refractivity (Wildman–Crippen MR) is 109 cm³/mol. The summed E-state index contributed by atoms with van der Waals surface area (Å²) >= 11 is 0. The Kier molecular flexibility index (Phi) is 4.60. The molecule has 0 saturated carbocycles. The second-order valence-electron chi connectivity index (χ2n) is 8.06. The van der Waals surface area contributed by atoms with Gasteiger partial charge in [-0.15, -0.1) is 10.2 Å².